The average Bonchev–Trinajstić information content (AvgIpc) is 3.72. The third-order valence-electron chi connectivity index (χ3n) is 15.1. The van der Waals surface area contributed by atoms with Gasteiger partial charge in [-0.25, -0.2) is 0 Å². The van der Waals surface area contributed by atoms with Crippen LogP contribution in [0.5, 0.6) is 0 Å². The van der Waals surface area contributed by atoms with Crippen molar-refractivity contribution in [2.24, 2.45) is 5.92 Å². The maximum atomic E-state index is 4.16. The number of nitrogens with one attached hydrogen (secondary N) is 1. The fourth-order valence-corrected chi connectivity index (χ4v) is 12.4. The van der Waals surface area contributed by atoms with E-state index in [1.165, 1.54) is 106 Å². The number of benzene rings is 8. The second-order valence-corrected chi connectivity index (χ2v) is 18.0. The van der Waals surface area contributed by atoms with Crippen molar-refractivity contribution in [2.45, 2.75) is 43.1 Å². The van der Waals surface area contributed by atoms with Crippen LogP contribution in [0.3, 0.4) is 0 Å². The van der Waals surface area contributed by atoms with Crippen molar-refractivity contribution in [1.29, 1.82) is 0 Å². The molecule has 1 N–H and O–H groups in total. The summed E-state index contributed by atoms with van der Waals surface area (Å²) in [4.78, 5) is 0. The summed E-state index contributed by atoms with van der Waals surface area (Å²) in [5.74, 6) is 0.959. The van der Waals surface area contributed by atoms with Gasteiger partial charge in [0.2, 0.25) is 0 Å². The first-order chi connectivity index (χ1) is 30.2. The van der Waals surface area contributed by atoms with E-state index in [2.05, 4.69) is 212 Å². The number of fused-ring (bicyclic) bond motifs is 16. The summed E-state index contributed by atoms with van der Waals surface area (Å²) in [6.45, 7) is 2.48. The molecule has 0 bridgehead atoms. The van der Waals surface area contributed by atoms with E-state index in [0.29, 0.717) is 17.8 Å². The Kier molecular flexibility index (Phi) is 7.58. The van der Waals surface area contributed by atoms with Gasteiger partial charge in [0.05, 0.1) is 11.5 Å². The van der Waals surface area contributed by atoms with Gasteiger partial charge in [-0.15, -0.1) is 0 Å². The van der Waals surface area contributed by atoms with Crippen molar-refractivity contribution in [3.63, 3.8) is 0 Å². The van der Waals surface area contributed by atoms with Crippen LogP contribution in [0, 0.1) is 5.92 Å². The van der Waals surface area contributed by atoms with Crippen molar-refractivity contribution in [3.05, 3.63) is 256 Å². The van der Waals surface area contributed by atoms with Gasteiger partial charge < -0.3 is 5.32 Å². The molecule has 290 valence electrons. The zero-order chi connectivity index (χ0) is 40.2. The molecular formula is C60H45N. The third kappa shape index (κ3) is 4.95. The molecule has 0 saturated heterocycles. The fourth-order valence-electron chi connectivity index (χ4n) is 12.4. The van der Waals surface area contributed by atoms with Crippen LogP contribution in [0.4, 0.5) is 5.69 Å². The molecule has 5 atom stereocenters. The van der Waals surface area contributed by atoms with E-state index in [-0.39, 0.29) is 6.04 Å². The number of allylic oxidation sites excluding steroid dienone is 4. The summed E-state index contributed by atoms with van der Waals surface area (Å²) >= 11 is 0. The molecular weight excluding hydrogens is 735 g/mol. The second kappa shape index (κ2) is 13.3. The van der Waals surface area contributed by atoms with Crippen LogP contribution in [0.15, 0.2) is 206 Å². The van der Waals surface area contributed by atoms with Crippen molar-refractivity contribution in [2.75, 3.05) is 5.32 Å². The maximum Gasteiger partial charge on any atom is 0.0722 e. The Morgan fingerprint density at radius 1 is 0.475 bits per heavy atom. The Hall–Kier alpha value is -6.96. The van der Waals surface area contributed by atoms with E-state index in [4.69, 9.17) is 0 Å². The highest BCUT2D eigenvalue weighted by atomic mass is 14.9. The molecule has 13 rings (SSSR count). The first kappa shape index (κ1) is 34.9. The lowest BCUT2D eigenvalue weighted by Gasteiger charge is -2.38. The molecule has 1 nitrogen and oxygen atoms in total. The number of anilines is 1. The molecule has 0 fully saturated rings. The quantitative estimate of drug-likeness (QED) is 0.188. The average molecular weight is 780 g/mol. The molecule has 1 spiro atoms. The van der Waals surface area contributed by atoms with Gasteiger partial charge in [-0.05, 0) is 131 Å². The Labute approximate surface area is 358 Å². The molecule has 0 aromatic heterocycles. The molecule has 5 aliphatic rings. The van der Waals surface area contributed by atoms with E-state index in [1.807, 2.05) is 0 Å². The Morgan fingerprint density at radius 3 is 1.90 bits per heavy atom. The third-order valence-corrected chi connectivity index (χ3v) is 15.1. The van der Waals surface area contributed by atoms with Gasteiger partial charge in [-0.2, -0.15) is 0 Å². The van der Waals surface area contributed by atoms with Crippen molar-refractivity contribution < 1.29 is 0 Å². The van der Waals surface area contributed by atoms with Gasteiger partial charge in [0.15, 0.2) is 0 Å². The highest BCUT2D eigenvalue weighted by Crippen LogP contribution is 2.66. The fraction of sp³-hybridized carbons (Fsp3) is 0.133. The molecule has 8 aromatic rings. The smallest absolute Gasteiger partial charge is 0.0722 e. The Bertz CT molecular complexity index is 3150. The van der Waals surface area contributed by atoms with Gasteiger partial charge in [0, 0.05) is 11.6 Å². The first-order valence-electron chi connectivity index (χ1n) is 22.1. The molecule has 0 saturated carbocycles. The molecule has 0 radical (unpaired) electrons. The number of para-hydroxylation sites is 1. The SMILES string of the molecule is CC1C(c2ccc(-c3ccccc3)cc2)Cc2ccccc2NC1c1ccc2c(c1)C1(C3=C(CC4C(=C3)c3ccccc3-c3ccccc34)c3ccccc31)c1ccccc1-2. The summed E-state index contributed by atoms with van der Waals surface area (Å²) < 4.78 is 0. The highest BCUT2D eigenvalue weighted by Gasteiger charge is 2.54. The number of hydrogen-bond donors (Lipinski definition) is 1. The minimum Gasteiger partial charge on any atom is -0.378 e. The molecule has 8 aromatic carbocycles. The summed E-state index contributed by atoms with van der Waals surface area (Å²) in [6, 6.07) is 73.7. The van der Waals surface area contributed by atoms with Crippen LogP contribution >= 0.6 is 0 Å². The van der Waals surface area contributed by atoms with Crippen LogP contribution < -0.4 is 5.32 Å². The van der Waals surface area contributed by atoms with Gasteiger partial charge in [-0.3, -0.25) is 0 Å². The highest BCUT2D eigenvalue weighted by molar-refractivity contribution is 6.02. The minimum absolute atomic E-state index is 0.106. The minimum atomic E-state index is -0.420. The lowest BCUT2D eigenvalue weighted by atomic mass is 9.64. The molecule has 1 aliphatic heterocycles. The maximum absolute atomic E-state index is 4.16. The monoisotopic (exact) mass is 779 g/mol. The van der Waals surface area contributed by atoms with Gasteiger partial charge in [-0.1, -0.05) is 201 Å². The van der Waals surface area contributed by atoms with E-state index < -0.39 is 5.41 Å². The molecule has 61 heavy (non-hydrogen) atoms. The first-order valence-corrected chi connectivity index (χ1v) is 22.1. The van der Waals surface area contributed by atoms with E-state index >= 15 is 0 Å². The summed E-state index contributed by atoms with van der Waals surface area (Å²) in [7, 11) is 0. The number of rotatable bonds is 3. The number of hydrogen-bond acceptors (Lipinski definition) is 1. The predicted octanol–water partition coefficient (Wildman–Crippen LogP) is 14.8. The zero-order valence-corrected chi connectivity index (χ0v) is 34.3. The van der Waals surface area contributed by atoms with Crippen LogP contribution in [0.25, 0.3) is 44.5 Å². The lowest BCUT2D eigenvalue weighted by Crippen LogP contribution is -2.29. The molecule has 1 heterocycles. The Balaban J connectivity index is 0.993. The summed E-state index contributed by atoms with van der Waals surface area (Å²) in [6.07, 6.45) is 4.63. The zero-order valence-electron chi connectivity index (χ0n) is 34.3. The van der Waals surface area contributed by atoms with E-state index in [0.717, 1.165) is 12.8 Å². The van der Waals surface area contributed by atoms with Gasteiger partial charge in [0.25, 0.3) is 0 Å². The standard InChI is InChI=1S/C60H45N/c1-37-50(40-29-27-39(28-30-40)38-15-3-2-4-16-38)33-41-17-5-14-26-58(41)61-59(37)42-31-32-49-47-22-10-12-24-54(47)60(56(49)34-42)55-25-13-11-23-48(55)53-35-51-45-20-8-6-18-43(45)44-19-7-9-21-46(44)52(51)36-57(53)60/h2-32,34,36-37,50-51,59,61H,33,35H2,1H3. The summed E-state index contributed by atoms with van der Waals surface area (Å²) in [5.41, 5.74) is 25.8. The van der Waals surface area contributed by atoms with E-state index in [1.54, 1.807) is 0 Å². The van der Waals surface area contributed by atoms with Crippen molar-refractivity contribution in [3.8, 4) is 33.4 Å². The van der Waals surface area contributed by atoms with Crippen LogP contribution in [0.2, 0.25) is 0 Å². The lowest BCUT2D eigenvalue weighted by molar-refractivity contribution is 0.410. The van der Waals surface area contributed by atoms with Crippen LogP contribution in [-0.4, -0.2) is 0 Å². The van der Waals surface area contributed by atoms with Gasteiger partial charge in [0.1, 0.15) is 0 Å². The molecule has 5 unspecified atom stereocenters. The van der Waals surface area contributed by atoms with Crippen molar-refractivity contribution >= 4 is 16.8 Å². The van der Waals surface area contributed by atoms with Crippen LogP contribution in [0.1, 0.15) is 81.3 Å². The topological polar surface area (TPSA) is 12.0 Å². The van der Waals surface area contributed by atoms with Crippen LogP contribution in [-0.2, 0) is 11.8 Å². The second-order valence-electron chi connectivity index (χ2n) is 18.0. The molecule has 1 heteroatoms. The van der Waals surface area contributed by atoms with Gasteiger partial charge >= 0.3 is 0 Å². The van der Waals surface area contributed by atoms with E-state index in [9.17, 15) is 0 Å². The predicted molar refractivity (Wildman–Crippen MR) is 253 cm³/mol. The molecule has 0 amide bonds. The molecule has 4 aliphatic carbocycles. The Morgan fingerprint density at radius 2 is 1.08 bits per heavy atom. The van der Waals surface area contributed by atoms with Crippen molar-refractivity contribution in [1.82, 2.24) is 0 Å². The summed E-state index contributed by atoms with van der Waals surface area (Å²) in [5, 5.41) is 4.16. The normalized spacial score (nSPS) is 22.3. The largest absolute Gasteiger partial charge is 0.378 e.